The quantitative estimate of drug-likeness (QED) is 0.351. The van der Waals surface area contributed by atoms with Crippen molar-refractivity contribution in [1.82, 2.24) is 0 Å². The zero-order chi connectivity index (χ0) is 8.15. The molecule has 0 aliphatic carbocycles. The molecule has 10 heavy (non-hydrogen) atoms. The topological polar surface area (TPSA) is 43.4 Å². The molecule has 0 radical (unpaired) electrons. The normalized spacial score (nSPS) is 9.60. The number of alkyl halides is 1. The minimum atomic E-state index is -0.856. The molecule has 0 aromatic heterocycles. The molecule has 0 atom stereocenters. The van der Waals surface area contributed by atoms with Crippen molar-refractivity contribution < 1.29 is 14.3 Å². The summed E-state index contributed by atoms with van der Waals surface area (Å²) in [6.07, 6.45) is -0.264. The average molecular weight is 165 g/mol. The van der Waals surface area contributed by atoms with Crippen LogP contribution in [0.4, 0.5) is 0 Å². The summed E-state index contributed by atoms with van der Waals surface area (Å²) in [5, 5.41) is 0. The van der Waals surface area contributed by atoms with Gasteiger partial charge in [0.15, 0.2) is 0 Å². The number of carbonyl (C=O) groups excluding carboxylic acids is 2. The molecule has 0 aliphatic heterocycles. The lowest BCUT2D eigenvalue weighted by molar-refractivity contribution is -0.155. The predicted octanol–water partition coefficient (Wildman–Crippen LogP) is 0.746. The van der Waals surface area contributed by atoms with E-state index in [2.05, 4.69) is 4.74 Å². The third kappa shape index (κ3) is 3.45. The smallest absolute Gasteiger partial charge is 0.376 e. The Morgan fingerprint density at radius 2 is 2.00 bits per heavy atom. The lowest BCUT2D eigenvalue weighted by Crippen LogP contribution is -2.21. The highest BCUT2D eigenvalue weighted by Crippen LogP contribution is 1.91. The summed E-state index contributed by atoms with van der Waals surface area (Å²) in [5.74, 6) is -1.87. The zero-order valence-electron chi connectivity index (χ0n) is 5.89. The Morgan fingerprint density at radius 3 is 2.30 bits per heavy atom. The first-order valence-electron chi connectivity index (χ1n) is 2.87. The van der Waals surface area contributed by atoms with Gasteiger partial charge in [-0.25, -0.2) is 4.79 Å². The van der Waals surface area contributed by atoms with Crippen LogP contribution in [0.25, 0.3) is 0 Å². The van der Waals surface area contributed by atoms with E-state index in [1.165, 1.54) is 0 Å². The van der Waals surface area contributed by atoms with Gasteiger partial charge in [-0.2, -0.15) is 0 Å². The maximum atomic E-state index is 10.5. The molecule has 0 unspecified atom stereocenters. The van der Waals surface area contributed by atoms with Crippen LogP contribution in [0.3, 0.4) is 0 Å². The highest BCUT2D eigenvalue weighted by Gasteiger charge is 2.14. The number of carbonyl (C=O) groups is 2. The van der Waals surface area contributed by atoms with Crippen LogP contribution >= 0.6 is 11.6 Å². The fourth-order valence-corrected chi connectivity index (χ4v) is 0.443. The second-order valence-electron chi connectivity index (χ2n) is 2.01. The number of esters is 1. The molecule has 0 amide bonds. The fourth-order valence-electron chi connectivity index (χ4n) is 0.334. The average Bonchev–Trinajstić information content (AvgIpc) is 1.85. The third-order valence-corrected chi connectivity index (χ3v) is 0.935. The summed E-state index contributed by atoms with van der Waals surface area (Å²) in [5.41, 5.74) is 0. The van der Waals surface area contributed by atoms with Crippen molar-refractivity contribution in [2.45, 2.75) is 20.0 Å². The van der Waals surface area contributed by atoms with Crippen molar-refractivity contribution in [3.63, 3.8) is 0 Å². The van der Waals surface area contributed by atoms with Crippen LogP contribution in [-0.4, -0.2) is 23.7 Å². The van der Waals surface area contributed by atoms with E-state index >= 15 is 0 Å². The van der Waals surface area contributed by atoms with Crippen molar-refractivity contribution in [1.29, 1.82) is 0 Å². The van der Waals surface area contributed by atoms with Crippen molar-refractivity contribution in [3.05, 3.63) is 0 Å². The highest BCUT2D eigenvalue weighted by atomic mass is 35.5. The third-order valence-electron chi connectivity index (χ3n) is 0.692. The van der Waals surface area contributed by atoms with E-state index in [-0.39, 0.29) is 12.0 Å². The lowest BCUT2D eigenvalue weighted by atomic mass is 10.4. The Balaban J connectivity index is 3.74. The highest BCUT2D eigenvalue weighted by molar-refractivity contribution is 6.45. The Hall–Kier alpha value is -0.570. The molecule has 0 rings (SSSR count). The van der Waals surface area contributed by atoms with Gasteiger partial charge in [0.25, 0.3) is 5.78 Å². The monoisotopic (exact) mass is 164 g/mol. The number of Topliss-reactive ketones (excluding diaryl/α,β-unsaturated/α-hetero) is 1. The van der Waals surface area contributed by atoms with Gasteiger partial charge in [-0.05, 0) is 13.8 Å². The van der Waals surface area contributed by atoms with Crippen molar-refractivity contribution in [3.8, 4) is 0 Å². The zero-order valence-corrected chi connectivity index (χ0v) is 6.64. The molecule has 4 heteroatoms. The summed E-state index contributed by atoms with van der Waals surface area (Å²) < 4.78 is 4.53. The Kier molecular flexibility index (Phi) is 4.03. The first-order valence-corrected chi connectivity index (χ1v) is 3.41. The maximum Gasteiger partial charge on any atom is 0.376 e. The van der Waals surface area contributed by atoms with Crippen LogP contribution in [0.5, 0.6) is 0 Å². The van der Waals surface area contributed by atoms with Gasteiger partial charge < -0.3 is 4.74 Å². The molecule has 0 fully saturated rings. The van der Waals surface area contributed by atoms with Crippen LogP contribution in [0, 0.1) is 0 Å². The summed E-state index contributed by atoms with van der Waals surface area (Å²) in [4.78, 5) is 21.0. The molecule has 0 aromatic rings. The molecule has 58 valence electrons. The molecule has 0 spiro atoms. The first-order chi connectivity index (χ1) is 4.57. The Bertz CT molecular complexity index is 142. The molecule has 0 aliphatic rings. The maximum absolute atomic E-state index is 10.5. The number of ether oxygens (including phenoxy) is 1. The van der Waals surface area contributed by atoms with Crippen LogP contribution < -0.4 is 0 Å². The number of halogens is 1. The summed E-state index contributed by atoms with van der Waals surface area (Å²) in [6.45, 7) is 3.33. The van der Waals surface area contributed by atoms with E-state index in [1.54, 1.807) is 13.8 Å². The second-order valence-corrected chi connectivity index (χ2v) is 2.28. The van der Waals surface area contributed by atoms with Gasteiger partial charge in [0.2, 0.25) is 0 Å². The summed E-state index contributed by atoms with van der Waals surface area (Å²) >= 11 is 5.08. The molecular formula is C6H9ClO3. The van der Waals surface area contributed by atoms with E-state index in [0.717, 1.165) is 0 Å². The van der Waals surface area contributed by atoms with Gasteiger partial charge in [-0.3, -0.25) is 4.79 Å². The largest absolute Gasteiger partial charge is 0.457 e. The second kappa shape index (κ2) is 4.28. The van der Waals surface area contributed by atoms with E-state index < -0.39 is 11.8 Å². The Labute approximate surface area is 64.3 Å². The minimum Gasteiger partial charge on any atom is -0.457 e. The minimum absolute atomic E-state index is 0.264. The van der Waals surface area contributed by atoms with Gasteiger partial charge in [0.05, 0.1) is 12.0 Å². The fraction of sp³-hybridized carbons (Fsp3) is 0.667. The van der Waals surface area contributed by atoms with E-state index in [9.17, 15) is 9.59 Å². The molecular weight excluding hydrogens is 156 g/mol. The molecule has 0 aromatic carbocycles. The van der Waals surface area contributed by atoms with Crippen LogP contribution in [0.15, 0.2) is 0 Å². The Morgan fingerprint density at radius 1 is 1.50 bits per heavy atom. The van der Waals surface area contributed by atoms with E-state index in [4.69, 9.17) is 11.6 Å². The number of hydrogen-bond donors (Lipinski definition) is 0. The van der Waals surface area contributed by atoms with Crippen LogP contribution in [0.2, 0.25) is 0 Å². The van der Waals surface area contributed by atoms with Gasteiger partial charge in [-0.15, -0.1) is 11.6 Å². The molecule has 0 heterocycles. The van der Waals surface area contributed by atoms with Crippen molar-refractivity contribution in [2.75, 3.05) is 5.88 Å². The number of ketones is 1. The standard InChI is InChI=1S/C6H9ClO3/c1-4(2)10-6(9)5(8)3-7/h4H,3H2,1-2H3. The molecule has 0 N–H and O–H groups in total. The number of hydrogen-bond acceptors (Lipinski definition) is 3. The molecule has 0 bridgehead atoms. The van der Waals surface area contributed by atoms with Gasteiger partial charge in [0, 0.05) is 0 Å². The number of rotatable bonds is 3. The van der Waals surface area contributed by atoms with Crippen LogP contribution in [0.1, 0.15) is 13.8 Å². The lowest BCUT2D eigenvalue weighted by Gasteiger charge is -2.04. The van der Waals surface area contributed by atoms with Crippen molar-refractivity contribution >= 4 is 23.4 Å². The van der Waals surface area contributed by atoms with Gasteiger partial charge in [-0.1, -0.05) is 0 Å². The van der Waals surface area contributed by atoms with Crippen molar-refractivity contribution in [2.24, 2.45) is 0 Å². The summed E-state index contributed by atoms with van der Waals surface area (Å²) in [7, 11) is 0. The van der Waals surface area contributed by atoms with Gasteiger partial charge in [0.1, 0.15) is 0 Å². The van der Waals surface area contributed by atoms with E-state index in [0.29, 0.717) is 0 Å². The van der Waals surface area contributed by atoms with Crippen LogP contribution in [-0.2, 0) is 14.3 Å². The molecule has 0 saturated heterocycles. The molecule has 0 saturated carbocycles. The summed E-state index contributed by atoms with van der Waals surface area (Å²) in [6, 6.07) is 0. The first kappa shape index (κ1) is 9.43. The van der Waals surface area contributed by atoms with Gasteiger partial charge >= 0.3 is 5.97 Å². The predicted molar refractivity (Wildman–Crippen MR) is 37.0 cm³/mol. The van der Waals surface area contributed by atoms with E-state index in [1.807, 2.05) is 0 Å². The SMILES string of the molecule is CC(C)OC(=O)C(=O)CCl. The molecule has 3 nitrogen and oxygen atoms in total.